The van der Waals surface area contributed by atoms with E-state index in [1.54, 1.807) is 18.2 Å². The fraction of sp³-hybridized carbons (Fsp3) is 0.111. The molecule has 0 aliphatic carbocycles. The van der Waals surface area contributed by atoms with E-state index in [9.17, 15) is 18.8 Å². The molecule has 0 heterocycles. The molecule has 0 saturated heterocycles. The highest BCUT2D eigenvalue weighted by atomic mass is 19.1. The molecule has 0 bridgehead atoms. The first-order valence-electron chi connectivity index (χ1n) is 7.30. The summed E-state index contributed by atoms with van der Waals surface area (Å²) in [5, 5.41) is 11.1. The Kier molecular flexibility index (Phi) is 6.01. The van der Waals surface area contributed by atoms with Crippen LogP contribution in [-0.4, -0.2) is 31.6 Å². The maximum absolute atomic E-state index is 13.7. The summed E-state index contributed by atoms with van der Waals surface area (Å²) in [4.78, 5) is 35.4. The van der Waals surface area contributed by atoms with Gasteiger partial charge >= 0.3 is 11.9 Å². The molecule has 26 heavy (non-hydrogen) atoms. The average molecular weight is 356 g/mol. The number of para-hydroxylation sites is 1. The molecule has 0 fully saturated rings. The lowest BCUT2D eigenvalue weighted by molar-refractivity contribution is -0.119. The molecule has 1 N–H and O–H groups in total. The van der Waals surface area contributed by atoms with Crippen molar-refractivity contribution in [3.05, 3.63) is 65.0 Å². The third-order valence-electron chi connectivity index (χ3n) is 3.26. The quantitative estimate of drug-likeness (QED) is 0.824. The predicted molar refractivity (Wildman–Crippen MR) is 87.8 cm³/mol. The molecular formula is C18H13FN2O5. The number of carbonyl (C=O) groups is 3. The fourth-order valence-electron chi connectivity index (χ4n) is 2.03. The summed E-state index contributed by atoms with van der Waals surface area (Å²) in [5.74, 6) is -3.34. The molecule has 0 radical (unpaired) electrons. The lowest BCUT2D eigenvalue weighted by Gasteiger charge is -2.10. The van der Waals surface area contributed by atoms with Gasteiger partial charge in [0.25, 0.3) is 5.91 Å². The van der Waals surface area contributed by atoms with Crippen LogP contribution >= 0.6 is 0 Å². The van der Waals surface area contributed by atoms with E-state index in [1.165, 1.54) is 25.3 Å². The van der Waals surface area contributed by atoms with E-state index in [0.717, 1.165) is 12.1 Å². The first kappa shape index (κ1) is 18.6. The fourth-order valence-corrected chi connectivity index (χ4v) is 2.03. The SMILES string of the molecule is COC(=O)c1ccccc1NC(=O)COC(=O)c1ccc(C#N)cc1F. The van der Waals surface area contributed by atoms with Crippen molar-refractivity contribution < 1.29 is 28.2 Å². The van der Waals surface area contributed by atoms with Gasteiger partial charge in [0.15, 0.2) is 6.61 Å². The summed E-state index contributed by atoms with van der Waals surface area (Å²) in [6.45, 7) is -0.687. The van der Waals surface area contributed by atoms with Gasteiger partial charge < -0.3 is 14.8 Å². The number of hydrogen-bond acceptors (Lipinski definition) is 6. The van der Waals surface area contributed by atoms with Crippen LogP contribution in [0.25, 0.3) is 0 Å². The number of ether oxygens (including phenoxy) is 2. The van der Waals surface area contributed by atoms with Gasteiger partial charge in [0.1, 0.15) is 5.82 Å². The topological polar surface area (TPSA) is 105 Å². The number of carbonyl (C=O) groups excluding carboxylic acids is 3. The largest absolute Gasteiger partial charge is 0.465 e. The molecule has 0 aromatic heterocycles. The van der Waals surface area contributed by atoms with Gasteiger partial charge in [-0.05, 0) is 30.3 Å². The Morgan fingerprint density at radius 2 is 1.85 bits per heavy atom. The van der Waals surface area contributed by atoms with E-state index in [1.807, 2.05) is 0 Å². The van der Waals surface area contributed by atoms with Gasteiger partial charge in [-0.2, -0.15) is 5.26 Å². The number of nitrogens with zero attached hydrogens (tertiary/aromatic N) is 1. The molecule has 132 valence electrons. The first-order valence-corrected chi connectivity index (χ1v) is 7.30. The van der Waals surface area contributed by atoms with Crippen LogP contribution in [0, 0.1) is 17.1 Å². The average Bonchev–Trinajstić information content (AvgIpc) is 2.65. The lowest BCUT2D eigenvalue weighted by Crippen LogP contribution is -2.22. The van der Waals surface area contributed by atoms with Crippen molar-refractivity contribution in [2.45, 2.75) is 0 Å². The van der Waals surface area contributed by atoms with Crippen molar-refractivity contribution in [2.24, 2.45) is 0 Å². The van der Waals surface area contributed by atoms with E-state index >= 15 is 0 Å². The molecule has 0 atom stereocenters. The van der Waals surface area contributed by atoms with Crippen LogP contribution in [0.4, 0.5) is 10.1 Å². The van der Waals surface area contributed by atoms with Crippen molar-refractivity contribution in [1.82, 2.24) is 0 Å². The molecule has 0 unspecified atom stereocenters. The third-order valence-corrected chi connectivity index (χ3v) is 3.26. The Bertz CT molecular complexity index is 905. The lowest BCUT2D eigenvalue weighted by atomic mass is 10.1. The molecule has 2 aromatic rings. The Hall–Kier alpha value is -3.73. The summed E-state index contributed by atoms with van der Waals surface area (Å²) in [5.41, 5.74) is -0.0271. The Morgan fingerprint density at radius 3 is 2.50 bits per heavy atom. The third kappa shape index (κ3) is 4.42. The van der Waals surface area contributed by atoms with Crippen molar-refractivity contribution in [3.8, 4) is 6.07 Å². The number of nitriles is 1. The zero-order valence-corrected chi connectivity index (χ0v) is 13.6. The summed E-state index contributed by atoms with van der Waals surface area (Å²) in [6, 6.07) is 11.1. The predicted octanol–water partition coefficient (Wildman–Crippen LogP) is 2.28. The second-order valence-corrected chi connectivity index (χ2v) is 4.97. The molecule has 0 aliphatic rings. The van der Waals surface area contributed by atoms with Crippen molar-refractivity contribution >= 4 is 23.5 Å². The molecule has 1 amide bonds. The highest BCUT2D eigenvalue weighted by Gasteiger charge is 2.17. The van der Waals surface area contributed by atoms with Gasteiger partial charge in [-0.25, -0.2) is 14.0 Å². The maximum atomic E-state index is 13.7. The zero-order chi connectivity index (χ0) is 19.1. The summed E-state index contributed by atoms with van der Waals surface area (Å²) in [6.07, 6.45) is 0. The van der Waals surface area contributed by atoms with Crippen LogP contribution < -0.4 is 5.32 Å². The minimum Gasteiger partial charge on any atom is -0.465 e. The van der Waals surface area contributed by atoms with Gasteiger partial charge in [0, 0.05) is 0 Å². The van der Waals surface area contributed by atoms with E-state index in [-0.39, 0.29) is 16.8 Å². The van der Waals surface area contributed by atoms with E-state index in [2.05, 4.69) is 10.1 Å². The van der Waals surface area contributed by atoms with Crippen LogP contribution in [0.5, 0.6) is 0 Å². The number of rotatable bonds is 5. The Morgan fingerprint density at radius 1 is 1.12 bits per heavy atom. The van der Waals surface area contributed by atoms with Crippen LogP contribution in [0.2, 0.25) is 0 Å². The molecule has 0 aliphatic heterocycles. The highest BCUT2D eigenvalue weighted by Crippen LogP contribution is 2.16. The number of amides is 1. The zero-order valence-electron chi connectivity index (χ0n) is 13.6. The smallest absolute Gasteiger partial charge is 0.341 e. The summed E-state index contributed by atoms with van der Waals surface area (Å²) >= 11 is 0. The van der Waals surface area contributed by atoms with Crippen LogP contribution in [-0.2, 0) is 14.3 Å². The second-order valence-electron chi connectivity index (χ2n) is 4.97. The standard InChI is InChI=1S/C18H13FN2O5/c1-25-17(23)13-4-2-3-5-15(13)21-16(22)10-26-18(24)12-7-6-11(9-20)8-14(12)19/h2-8H,10H2,1H3,(H,21,22). The first-order chi connectivity index (χ1) is 12.5. The highest BCUT2D eigenvalue weighted by molar-refractivity contribution is 6.02. The monoisotopic (exact) mass is 356 g/mol. The second kappa shape index (κ2) is 8.39. The van der Waals surface area contributed by atoms with Gasteiger partial charge in [-0.15, -0.1) is 0 Å². The molecule has 0 saturated carbocycles. The van der Waals surface area contributed by atoms with Gasteiger partial charge in [-0.1, -0.05) is 12.1 Å². The number of hydrogen-bond donors (Lipinski definition) is 1. The van der Waals surface area contributed by atoms with E-state index in [4.69, 9.17) is 10.00 Å². The summed E-state index contributed by atoms with van der Waals surface area (Å²) in [7, 11) is 1.20. The number of esters is 2. The molecule has 2 aromatic carbocycles. The van der Waals surface area contributed by atoms with Crippen LogP contribution in [0.1, 0.15) is 26.3 Å². The van der Waals surface area contributed by atoms with Crippen LogP contribution in [0.3, 0.4) is 0 Å². The summed E-state index contributed by atoms with van der Waals surface area (Å²) < 4.78 is 23.1. The number of benzene rings is 2. The molecule has 8 heteroatoms. The number of nitrogens with one attached hydrogen (secondary N) is 1. The molecule has 2 rings (SSSR count). The van der Waals surface area contributed by atoms with E-state index in [0.29, 0.717) is 0 Å². The Balaban J connectivity index is 2.01. The minimum atomic E-state index is -1.05. The van der Waals surface area contributed by atoms with Gasteiger partial charge in [-0.3, -0.25) is 4.79 Å². The van der Waals surface area contributed by atoms with Gasteiger partial charge in [0.2, 0.25) is 0 Å². The molecule has 7 nitrogen and oxygen atoms in total. The number of anilines is 1. The van der Waals surface area contributed by atoms with Gasteiger partial charge in [0.05, 0.1) is 35.6 Å². The number of methoxy groups -OCH3 is 1. The molecule has 0 spiro atoms. The minimum absolute atomic E-state index is 0.0520. The van der Waals surface area contributed by atoms with Crippen LogP contribution in [0.15, 0.2) is 42.5 Å². The Labute approximate surface area is 147 Å². The maximum Gasteiger partial charge on any atom is 0.341 e. The normalized spacial score (nSPS) is 9.73. The van der Waals surface area contributed by atoms with E-state index < -0.39 is 35.8 Å². The number of halogens is 1. The molecular weight excluding hydrogens is 343 g/mol. The van der Waals surface area contributed by atoms with Crippen molar-refractivity contribution in [3.63, 3.8) is 0 Å². The van der Waals surface area contributed by atoms with Crippen molar-refractivity contribution in [1.29, 1.82) is 5.26 Å². The van der Waals surface area contributed by atoms with Crippen molar-refractivity contribution in [2.75, 3.05) is 19.0 Å².